The highest BCUT2D eigenvalue weighted by molar-refractivity contribution is 5.84. The quantitative estimate of drug-likeness (QED) is 0.904. The molecule has 0 spiro atoms. The lowest BCUT2D eigenvalue weighted by Crippen LogP contribution is -2.38. The average molecular weight is 258 g/mol. The molecule has 2 unspecified atom stereocenters. The van der Waals surface area contributed by atoms with Crippen LogP contribution < -0.4 is 5.32 Å². The molecule has 3 rings (SSSR count). The van der Waals surface area contributed by atoms with Gasteiger partial charge in [-0.05, 0) is 24.8 Å². The van der Waals surface area contributed by atoms with E-state index in [4.69, 9.17) is 0 Å². The van der Waals surface area contributed by atoms with Crippen LogP contribution in [0.5, 0.6) is 0 Å². The van der Waals surface area contributed by atoms with Crippen LogP contribution in [0.2, 0.25) is 0 Å². The first-order valence-corrected chi connectivity index (χ1v) is 7.44. The van der Waals surface area contributed by atoms with E-state index in [1.54, 1.807) is 0 Å². The van der Waals surface area contributed by atoms with Crippen LogP contribution >= 0.6 is 0 Å². The van der Waals surface area contributed by atoms with Crippen molar-refractivity contribution in [2.45, 2.75) is 57.3 Å². The minimum Gasteiger partial charge on any atom is -0.319 e. The molecule has 1 heterocycles. The molecule has 0 bridgehead atoms. The van der Waals surface area contributed by atoms with E-state index in [9.17, 15) is 4.79 Å². The Bertz CT molecular complexity index is 439. The lowest BCUT2D eigenvalue weighted by Gasteiger charge is -2.30. The van der Waals surface area contributed by atoms with Gasteiger partial charge in [0, 0.05) is 6.04 Å². The van der Waals surface area contributed by atoms with Crippen LogP contribution in [-0.2, 0) is 4.79 Å². The Kier molecular flexibility index (Phi) is 3.56. The van der Waals surface area contributed by atoms with Gasteiger partial charge in [0.05, 0.1) is 6.04 Å². The molecule has 1 saturated carbocycles. The summed E-state index contributed by atoms with van der Waals surface area (Å²) < 4.78 is 0. The molecule has 1 amide bonds. The molecule has 2 atom stereocenters. The topological polar surface area (TPSA) is 32.3 Å². The Morgan fingerprint density at radius 2 is 1.89 bits per heavy atom. The minimum absolute atomic E-state index is 0.00851. The van der Waals surface area contributed by atoms with E-state index >= 15 is 0 Å². The fourth-order valence-electron chi connectivity index (χ4n) is 3.41. The first kappa shape index (κ1) is 12.7. The summed E-state index contributed by atoms with van der Waals surface area (Å²) in [5.41, 5.74) is 1.21. The summed E-state index contributed by atoms with van der Waals surface area (Å²) in [5.74, 6) is 0.295. The van der Waals surface area contributed by atoms with E-state index in [2.05, 4.69) is 29.3 Å². The zero-order chi connectivity index (χ0) is 13.2. The van der Waals surface area contributed by atoms with E-state index < -0.39 is 0 Å². The lowest BCUT2D eigenvalue weighted by atomic mass is 10.1. The molecular weight excluding hydrogens is 236 g/mol. The van der Waals surface area contributed by atoms with E-state index in [0.717, 1.165) is 19.3 Å². The second-order valence-corrected chi connectivity index (χ2v) is 5.62. The number of hydrogen-bond donors (Lipinski definition) is 1. The SMILES string of the molecule is CCC1NC(c2ccccc2)N(C2CCCC2)C1=O. The Balaban J connectivity index is 1.89. The number of nitrogens with zero attached hydrogens (tertiary/aromatic N) is 1. The highest BCUT2D eigenvalue weighted by Crippen LogP contribution is 2.34. The third kappa shape index (κ3) is 2.27. The summed E-state index contributed by atoms with van der Waals surface area (Å²) in [5, 5.41) is 3.51. The molecule has 1 saturated heterocycles. The maximum atomic E-state index is 12.6. The minimum atomic E-state index is -0.00851. The number of rotatable bonds is 3. The Morgan fingerprint density at radius 1 is 1.21 bits per heavy atom. The third-order valence-electron chi connectivity index (χ3n) is 4.43. The smallest absolute Gasteiger partial charge is 0.241 e. The molecule has 1 aromatic rings. The summed E-state index contributed by atoms with van der Waals surface area (Å²) in [7, 11) is 0. The normalized spacial score (nSPS) is 28.3. The number of nitrogens with one attached hydrogen (secondary N) is 1. The van der Waals surface area contributed by atoms with Gasteiger partial charge < -0.3 is 4.90 Å². The second-order valence-electron chi connectivity index (χ2n) is 5.62. The number of benzene rings is 1. The van der Waals surface area contributed by atoms with Gasteiger partial charge in [-0.2, -0.15) is 0 Å². The van der Waals surface area contributed by atoms with Gasteiger partial charge in [0.2, 0.25) is 5.91 Å². The molecule has 102 valence electrons. The maximum Gasteiger partial charge on any atom is 0.241 e. The van der Waals surface area contributed by atoms with Gasteiger partial charge in [-0.25, -0.2) is 0 Å². The van der Waals surface area contributed by atoms with E-state index in [-0.39, 0.29) is 12.2 Å². The highest BCUT2D eigenvalue weighted by atomic mass is 16.2. The fraction of sp³-hybridized carbons (Fsp3) is 0.562. The molecule has 2 fully saturated rings. The molecule has 1 aromatic carbocycles. The predicted octanol–water partition coefficient (Wildman–Crippen LogP) is 2.84. The Morgan fingerprint density at radius 3 is 2.53 bits per heavy atom. The van der Waals surface area contributed by atoms with Crippen LogP contribution in [0.1, 0.15) is 50.8 Å². The monoisotopic (exact) mass is 258 g/mol. The van der Waals surface area contributed by atoms with Crippen molar-refractivity contribution in [1.82, 2.24) is 10.2 Å². The highest BCUT2D eigenvalue weighted by Gasteiger charge is 2.42. The van der Waals surface area contributed by atoms with E-state index in [1.165, 1.54) is 18.4 Å². The summed E-state index contributed by atoms with van der Waals surface area (Å²) in [4.78, 5) is 14.7. The molecule has 0 aromatic heterocycles. The van der Waals surface area contributed by atoms with Gasteiger partial charge in [0.1, 0.15) is 6.17 Å². The molecule has 0 radical (unpaired) electrons. The zero-order valence-electron chi connectivity index (χ0n) is 11.5. The van der Waals surface area contributed by atoms with Crippen molar-refractivity contribution in [3.8, 4) is 0 Å². The Hall–Kier alpha value is -1.35. The number of carbonyl (C=O) groups is 1. The first-order chi connectivity index (χ1) is 9.31. The number of carbonyl (C=O) groups excluding carboxylic acids is 1. The molecular formula is C16H22N2O. The molecule has 2 aliphatic rings. The molecule has 1 aliphatic heterocycles. The molecule has 3 heteroatoms. The molecule has 3 nitrogen and oxygen atoms in total. The summed E-state index contributed by atoms with van der Waals surface area (Å²) >= 11 is 0. The second kappa shape index (κ2) is 5.33. The molecule has 19 heavy (non-hydrogen) atoms. The van der Waals surface area contributed by atoms with Gasteiger partial charge in [0.15, 0.2) is 0 Å². The van der Waals surface area contributed by atoms with Crippen molar-refractivity contribution < 1.29 is 4.79 Å². The van der Waals surface area contributed by atoms with Gasteiger partial charge >= 0.3 is 0 Å². The third-order valence-corrected chi connectivity index (χ3v) is 4.43. The van der Waals surface area contributed by atoms with E-state index in [0.29, 0.717) is 11.9 Å². The van der Waals surface area contributed by atoms with E-state index in [1.807, 2.05) is 18.2 Å². The van der Waals surface area contributed by atoms with Crippen molar-refractivity contribution in [1.29, 1.82) is 0 Å². The summed E-state index contributed by atoms with van der Waals surface area (Å²) in [6, 6.07) is 10.8. The van der Waals surface area contributed by atoms with Gasteiger partial charge in [0.25, 0.3) is 0 Å². The largest absolute Gasteiger partial charge is 0.319 e. The predicted molar refractivity (Wildman–Crippen MR) is 75.5 cm³/mol. The van der Waals surface area contributed by atoms with Crippen LogP contribution in [0.15, 0.2) is 30.3 Å². The molecule has 1 aliphatic carbocycles. The van der Waals surface area contributed by atoms with Gasteiger partial charge in [-0.1, -0.05) is 50.1 Å². The fourth-order valence-corrected chi connectivity index (χ4v) is 3.41. The van der Waals surface area contributed by atoms with Crippen molar-refractivity contribution >= 4 is 5.91 Å². The summed E-state index contributed by atoms with van der Waals surface area (Å²) in [6.07, 6.45) is 5.77. The van der Waals surface area contributed by atoms with Crippen molar-refractivity contribution in [3.63, 3.8) is 0 Å². The molecule has 1 N–H and O–H groups in total. The van der Waals surface area contributed by atoms with Crippen LogP contribution in [-0.4, -0.2) is 22.9 Å². The zero-order valence-corrected chi connectivity index (χ0v) is 11.5. The number of hydrogen-bond acceptors (Lipinski definition) is 2. The average Bonchev–Trinajstić information content (AvgIpc) is 3.07. The van der Waals surface area contributed by atoms with Crippen LogP contribution in [0.4, 0.5) is 0 Å². The van der Waals surface area contributed by atoms with Crippen molar-refractivity contribution in [2.24, 2.45) is 0 Å². The van der Waals surface area contributed by atoms with Crippen LogP contribution in [0.25, 0.3) is 0 Å². The lowest BCUT2D eigenvalue weighted by molar-refractivity contribution is -0.132. The maximum absolute atomic E-state index is 12.6. The summed E-state index contributed by atoms with van der Waals surface area (Å²) in [6.45, 7) is 2.08. The van der Waals surface area contributed by atoms with Gasteiger partial charge in [-0.3, -0.25) is 10.1 Å². The number of amides is 1. The van der Waals surface area contributed by atoms with Crippen molar-refractivity contribution in [3.05, 3.63) is 35.9 Å². The standard InChI is InChI=1S/C16H22N2O/c1-2-14-16(19)18(13-10-6-7-11-13)15(17-14)12-8-4-3-5-9-12/h3-5,8-9,13-15,17H,2,6-7,10-11H2,1H3. The van der Waals surface area contributed by atoms with Crippen molar-refractivity contribution in [2.75, 3.05) is 0 Å². The van der Waals surface area contributed by atoms with Gasteiger partial charge in [-0.15, -0.1) is 0 Å². The first-order valence-electron chi connectivity index (χ1n) is 7.44. The Labute approximate surface area is 115 Å². The van der Waals surface area contributed by atoms with Crippen LogP contribution in [0.3, 0.4) is 0 Å². The van der Waals surface area contributed by atoms with Crippen LogP contribution in [0, 0.1) is 0 Å².